The molecule has 0 saturated carbocycles. The smallest absolute Gasteiger partial charge is 0.290 e. The molecule has 1 unspecified atom stereocenters. The third kappa shape index (κ3) is 5.08. The van der Waals surface area contributed by atoms with Crippen LogP contribution >= 0.6 is 22.9 Å². The summed E-state index contributed by atoms with van der Waals surface area (Å²) in [4.78, 5) is 27.4. The number of rotatable bonds is 6. The second kappa shape index (κ2) is 10.4. The van der Waals surface area contributed by atoms with Crippen LogP contribution in [0.15, 0.2) is 54.6 Å². The lowest BCUT2D eigenvalue weighted by Crippen LogP contribution is -2.13. The van der Waals surface area contributed by atoms with E-state index < -0.39 is 0 Å². The zero-order valence-corrected chi connectivity index (χ0v) is 20.0. The molecule has 4 heterocycles. The van der Waals surface area contributed by atoms with Crippen molar-refractivity contribution in [1.29, 1.82) is 0 Å². The van der Waals surface area contributed by atoms with Gasteiger partial charge < -0.3 is 20.3 Å². The number of pyridine rings is 1. The number of carbonyl (C=O) groups is 1. The monoisotopic (exact) mass is 495 g/mol. The number of nitrogens with one attached hydrogen (secondary N) is 2. The van der Waals surface area contributed by atoms with E-state index in [4.69, 9.17) is 26.5 Å². The highest BCUT2D eigenvalue weighted by Gasteiger charge is 2.17. The van der Waals surface area contributed by atoms with Crippen molar-refractivity contribution in [2.24, 2.45) is 7.05 Å². The third-order valence-electron chi connectivity index (χ3n) is 5.10. The van der Waals surface area contributed by atoms with Crippen LogP contribution in [0, 0.1) is 0 Å². The van der Waals surface area contributed by atoms with E-state index in [9.17, 15) is 0 Å². The van der Waals surface area contributed by atoms with Gasteiger partial charge in [0.15, 0.2) is 0 Å². The Hall–Kier alpha value is -3.76. The lowest BCUT2D eigenvalue weighted by Gasteiger charge is -2.20. The fourth-order valence-electron chi connectivity index (χ4n) is 3.57. The van der Waals surface area contributed by atoms with Crippen LogP contribution in [-0.4, -0.2) is 36.1 Å². The van der Waals surface area contributed by atoms with Crippen LogP contribution in [-0.2, 0) is 18.4 Å². The summed E-state index contributed by atoms with van der Waals surface area (Å²) in [5.74, 6) is 1.57. The summed E-state index contributed by atoms with van der Waals surface area (Å²) in [6.07, 6.45) is 5.36. The van der Waals surface area contributed by atoms with E-state index in [2.05, 4.69) is 38.6 Å². The molecule has 0 aliphatic rings. The molecule has 4 aromatic heterocycles. The maximum absolute atomic E-state index is 8.36. The minimum atomic E-state index is -0.250. The molecule has 1 aromatic carbocycles. The molecule has 0 aliphatic carbocycles. The number of nitrogens with zero attached hydrogens (tertiary/aromatic N) is 5. The van der Waals surface area contributed by atoms with E-state index in [1.165, 1.54) is 0 Å². The number of benzene rings is 1. The number of para-hydroxylation sites is 1. The average molecular weight is 496 g/mol. The predicted molar refractivity (Wildman–Crippen MR) is 135 cm³/mol. The van der Waals surface area contributed by atoms with Crippen LogP contribution in [0.1, 0.15) is 24.2 Å². The van der Waals surface area contributed by atoms with Gasteiger partial charge in [0.1, 0.15) is 22.8 Å². The van der Waals surface area contributed by atoms with Gasteiger partial charge >= 0.3 is 0 Å². The third-order valence-corrected chi connectivity index (χ3v) is 6.23. The number of thiophene rings is 1. The fraction of sp³-hybridized carbons (Fsp3) is 0.174. The van der Waals surface area contributed by atoms with Gasteiger partial charge in [0.25, 0.3) is 6.47 Å². The van der Waals surface area contributed by atoms with Crippen molar-refractivity contribution in [3.05, 3.63) is 70.8 Å². The number of hydrogen-bond donors (Lipinski definition) is 3. The van der Waals surface area contributed by atoms with Crippen molar-refractivity contribution >= 4 is 62.2 Å². The zero-order valence-electron chi connectivity index (χ0n) is 18.4. The number of aryl methyl sites for hydroxylation is 1. The van der Waals surface area contributed by atoms with Gasteiger partial charge in [0.05, 0.1) is 40.5 Å². The second-order valence-electron chi connectivity index (χ2n) is 7.45. The van der Waals surface area contributed by atoms with Crippen molar-refractivity contribution in [3.8, 4) is 0 Å². The zero-order chi connectivity index (χ0) is 24.1. The van der Waals surface area contributed by atoms with E-state index in [-0.39, 0.29) is 12.5 Å². The quantitative estimate of drug-likeness (QED) is 0.278. The van der Waals surface area contributed by atoms with Crippen molar-refractivity contribution in [2.45, 2.75) is 19.5 Å². The lowest BCUT2D eigenvalue weighted by atomic mass is 10.1. The molecule has 0 aliphatic heterocycles. The standard InChI is InChI=1S/C22H20ClN7S.CH2O2/c1-13(28-20-16-6-7-31-22(16)26-11-25-20)17-8-14-4-3-5-18(23)19(14)29-21(17)24-9-15-10-30(2)12-27-15;2-1-3/h3-8,10-13H,9H2,1-2H3,(H,24,29)(H,25,26,28);1H,(H,2,3). The maximum atomic E-state index is 8.36. The second-order valence-corrected chi connectivity index (χ2v) is 8.76. The first-order valence-electron chi connectivity index (χ1n) is 10.3. The van der Waals surface area contributed by atoms with Crippen LogP contribution in [0.25, 0.3) is 21.1 Å². The Morgan fingerprint density at radius 1 is 1.24 bits per heavy atom. The molecule has 174 valence electrons. The summed E-state index contributed by atoms with van der Waals surface area (Å²) in [5.41, 5.74) is 2.73. The van der Waals surface area contributed by atoms with E-state index >= 15 is 0 Å². The Morgan fingerprint density at radius 2 is 2.06 bits per heavy atom. The molecular weight excluding hydrogens is 474 g/mol. The van der Waals surface area contributed by atoms with Crippen molar-refractivity contribution < 1.29 is 9.90 Å². The van der Waals surface area contributed by atoms with Gasteiger partial charge in [-0.15, -0.1) is 11.3 Å². The Labute approximate surface area is 204 Å². The van der Waals surface area contributed by atoms with Gasteiger partial charge in [-0.05, 0) is 30.5 Å². The summed E-state index contributed by atoms with van der Waals surface area (Å²) in [6, 6.07) is 9.92. The molecule has 5 aromatic rings. The van der Waals surface area contributed by atoms with Gasteiger partial charge in [0.2, 0.25) is 0 Å². The number of hydrogen-bond acceptors (Lipinski definition) is 8. The molecule has 0 bridgehead atoms. The van der Waals surface area contributed by atoms with E-state index in [0.717, 1.165) is 44.0 Å². The number of carboxylic acid groups (broad SMARTS) is 1. The summed E-state index contributed by atoms with van der Waals surface area (Å²) >= 11 is 8.03. The number of anilines is 2. The number of imidazole rings is 1. The van der Waals surface area contributed by atoms with Crippen LogP contribution in [0.2, 0.25) is 5.02 Å². The highest BCUT2D eigenvalue weighted by Crippen LogP contribution is 2.32. The molecule has 0 saturated heterocycles. The molecule has 3 N–H and O–H groups in total. The summed E-state index contributed by atoms with van der Waals surface area (Å²) in [6.45, 7) is 2.41. The maximum Gasteiger partial charge on any atom is 0.290 e. The molecule has 9 nitrogen and oxygen atoms in total. The normalized spacial score (nSPS) is 11.6. The van der Waals surface area contributed by atoms with Crippen molar-refractivity contribution in [2.75, 3.05) is 10.6 Å². The molecular formula is C23H22ClN7O2S. The number of fused-ring (bicyclic) bond motifs is 2. The summed E-state index contributed by atoms with van der Waals surface area (Å²) in [5, 5.41) is 18.5. The highest BCUT2D eigenvalue weighted by molar-refractivity contribution is 7.16. The SMILES string of the molecule is CC(Nc1ncnc2sccc12)c1cc2cccc(Cl)c2nc1NCc1cn(C)cn1.O=CO. The number of aromatic nitrogens is 5. The number of halogens is 1. The molecule has 0 radical (unpaired) electrons. The molecule has 1 atom stereocenters. The first-order chi connectivity index (χ1) is 16.5. The Bertz CT molecular complexity index is 1440. The summed E-state index contributed by atoms with van der Waals surface area (Å²) < 4.78 is 1.92. The predicted octanol–water partition coefficient (Wildman–Crippen LogP) is 5.11. The average Bonchev–Trinajstić information content (AvgIpc) is 3.47. The molecule has 0 fully saturated rings. The van der Waals surface area contributed by atoms with Crippen LogP contribution < -0.4 is 10.6 Å². The lowest BCUT2D eigenvalue weighted by molar-refractivity contribution is -0.122. The van der Waals surface area contributed by atoms with Gasteiger partial charge in [-0.25, -0.2) is 19.9 Å². The van der Waals surface area contributed by atoms with Gasteiger partial charge in [-0.1, -0.05) is 23.7 Å². The van der Waals surface area contributed by atoms with E-state index in [1.807, 2.05) is 47.5 Å². The minimum absolute atomic E-state index is 0.0554. The topological polar surface area (TPSA) is 118 Å². The fourth-order valence-corrected chi connectivity index (χ4v) is 4.53. The molecule has 11 heteroatoms. The minimum Gasteiger partial charge on any atom is -0.483 e. The first-order valence-corrected chi connectivity index (χ1v) is 11.6. The van der Waals surface area contributed by atoms with E-state index in [1.54, 1.807) is 24.0 Å². The van der Waals surface area contributed by atoms with Crippen molar-refractivity contribution in [3.63, 3.8) is 0 Å². The first kappa shape index (κ1) is 23.4. The highest BCUT2D eigenvalue weighted by atomic mass is 35.5. The molecule has 0 spiro atoms. The van der Waals surface area contributed by atoms with Gasteiger partial charge in [-0.3, -0.25) is 4.79 Å². The summed E-state index contributed by atoms with van der Waals surface area (Å²) in [7, 11) is 1.95. The Balaban J connectivity index is 0.000000868. The molecule has 0 amide bonds. The molecule has 34 heavy (non-hydrogen) atoms. The largest absolute Gasteiger partial charge is 0.483 e. The Morgan fingerprint density at radius 3 is 2.82 bits per heavy atom. The van der Waals surface area contributed by atoms with Crippen LogP contribution in [0.4, 0.5) is 11.6 Å². The van der Waals surface area contributed by atoms with E-state index in [0.29, 0.717) is 11.6 Å². The van der Waals surface area contributed by atoms with Crippen LogP contribution in [0.5, 0.6) is 0 Å². The van der Waals surface area contributed by atoms with Crippen LogP contribution in [0.3, 0.4) is 0 Å². The van der Waals surface area contributed by atoms with Gasteiger partial charge in [-0.2, -0.15) is 0 Å². The van der Waals surface area contributed by atoms with Gasteiger partial charge in [0, 0.05) is 24.2 Å². The molecule has 5 rings (SSSR count). The van der Waals surface area contributed by atoms with Crippen molar-refractivity contribution in [1.82, 2.24) is 24.5 Å². The Kier molecular flexibility index (Phi) is 7.19.